The summed E-state index contributed by atoms with van der Waals surface area (Å²) < 4.78 is 12.8. The maximum Gasteiger partial charge on any atom is 0.123 e. The first kappa shape index (κ1) is 11.0. The molecule has 3 heteroatoms. The van der Waals surface area contributed by atoms with E-state index in [-0.39, 0.29) is 5.82 Å². The van der Waals surface area contributed by atoms with Crippen LogP contribution in [0.2, 0.25) is 0 Å². The third-order valence-corrected chi connectivity index (χ3v) is 4.04. The van der Waals surface area contributed by atoms with Crippen molar-refractivity contribution in [2.24, 2.45) is 0 Å². The summed E-state index contributed by atoms with van der Waals surface area (Å²) in [6, 6.07) is 8.04. The second-order valence-corrected chi connectivity index (χ2v) is 5.20. The highest BCUT2D eigenvalue weighted by atomic mass is 19.1. The normalized spacial score (nSPS) is 29.0. The molecule has 2 fully saturated rings. The van der Waals surface area contributed by atoms with Gasteiger partial charge in [-0.2, -0.15) is 0 Å². The lowest BCUT2D eigenvalue weighted by Gasteiger charge is -2.35. The van der Waals surface area contributed by atoms with Gasteiger partial charge in [0.15, 0.2) is 0 Å². The monoisotopic (exact) mass is 234 g/mol. The maximum absolute atomic E-state index is 12.8. The van der Waals surface area contributed by atoms with Gasteiger partial charge in [0, 0.05) is 24.3 Å². The predicted molar refractivity (Wildman–Crippen MR) is 67.6 cm³/mol. The fraction of sp³-hybridized carbons (Fsp3) is 0.571. The van der Waals surface area contributed by atoms with Crippen molar-refractivity contribution >= 4 is 5.69 Å². The quantitative estimate of drug-likeness (QED) is 0.846. The molecule has 2 heterocycles. The summed E-state index contributed by atoms with van der Waals surface area (Å²) in [5.41, 5.74) is 1.04. The van der Waals surface area contributed by atoms with E-state index in [1.807, 2.05) is 12.1 Å². The van der Waals surface area contributed by atoms with Gasteiger partial charge >= 0.3 is 0 Å². The Morgan fingerprint density at radius 1 is 1.12 bits per heavy atom. The molecule has 1 N–H and O–H groups in total. The van der Waals surface area contributed by atoms with E-state index in [4.69, 9.17) is 0 Å². The van der Waals surface area contributed by atoms with Crippen LogP contribution >= 0.6 is 0 Å². The van der Waals surface area contributed by atoms with Crippen molar-refractivity contribution < 1.29 is 4.39 Å². The number of fused-ring (bicyclic) bond motifs is 1. The number of piperidine rings is 1. The van der Waals surface area contributed by atoms with Crippen molar-refractivity contribution in [3.05, 3.63) is 30.1 Å². The first-order chi connectivity index (χ1) is 8.31. The van der Waals surface area contributed by atoms with Crippen LogP contribution in [-0.2, 0) is 0 Å². The molecule has 2 aliphatic heterocycles. The minimum Gasteiger partial charge on any atom is -0.382 e. The van der Waals surface area contributed by atoms with Crippen LogP contribution in [0, 0.1) is 5.82 Å². The highest BCUT2D eigenvalue weighted by molar-refractivity contribution is 5.43. The lowest BCUT2D eigenvalue weighted by atomic mass is 9.97. The van der Waals surface area contributed by atoms with Crippen molar-refractivity contribution in [3.63, 3.8) is 0 Å². The smallest absolute Gasteiger partial charge is 0.123 e. The SMILES string of the molecule is Fc1ccc(NC2CCN3CCCC3C2)cc1. The highest BCUT2D eigenvalue weighted by Gasteiger charge is 2.31. The molecule has 17 heavy (non-hydrogen) atoms. The average molecular weight is 234 g/mol. The van der Waals surface area contributed by atoms with Crippen molar-refractivity contribution in [3.8, 4) is 0 Å². The van der Waals surface area contributed by atoms with Crippen molar-refractivity contribution in [1.29, 1.82) is 0 Å². The number of nitrogens with one attached hydrogen (secondary N) is 1. The Balaban J connectivity index is 1.60. The second kappa shape index (κ2) is 4.65. The molecular weight excluding hydrogens is 215 g/mol. The Bertz CT molecular complexity index is 376. The molecule has 2 saturated heterocycles. The summed E-state index contributed by atoms with van der Waals surface area (Å²) >= 11 is 0. The zero-order valence-corrected chi connectivity index (χ0v) is 10.0. The van der Waals surface area contributed by atoms with Crippen LogP contribution in [0.15, 0.2) is 24.3 Å². The highest BCUT2D eigenvalue weighted by Crippen LogP contribution is 2.28. The topological polar surface area (TPSA) is 15.3 Å². The molecule has 1 aromatic carbocycles. The molecule has 2 nitrogen and oxygen atoms in total. The van der Waals surface area contributed by atoms with Gasteiger partial charge in [0.1, 0.15) is 5.82 Å². The van der Waals surface area contributed by atoms with Crippen LogP contribution in [0.4, 0.5) is 10.1 Å². The molecule has 1 aromatic rings. The minimum atomic E-state index is -0.166. The van der Waals surface area contributed by atoms with Gasteiger partial charge in [-0.25, -0.2) is 4.39 Å². The van der Waals surface area contributed by atoms with E-state index in [1.165, 1.54) is 50.9 Å². The van der Waals surface area contributed by atoms with Gasteiger partial charge in [-0.05, 0) is 56.5 Å². The summed E-state index contributed by atoms with van der Waals surface area (Å²) in [5, 5.41) is 3.53. The lowest BCUT2D eigenvalue weighted by molar-refractivity contribution is 0.188. The van der Waals surface area contributed by atoms with Crippen LogP contribution in [0.1, 0.15) is 25.7 Å². The molecule has 0 spiro atoms. The number of anilines is 1. The summed E-state index contributed by atoms with van der Waals surface area (Å²) in [6.45, 7) is 2.50. The Morgan fingerprint density at radius 3 is 2.76 bits per heavy atom. The number of nitrogens with zero attached hydrogens (tertiary/aromatic N) is 1. The van der Waals surface area contributed by atoms with Crippen molar-refractivity contribution in [2.75, 3.05) is 18.4 Å². The number of halogens is 1. The van der Waals surface area contributed by atoms with E-state index in [9.17, 15) is 4.39 Å². The molecule has 0 saturated carbocycles. The number of rotatable bonds is 2. The van der Waals surface area contributed by atoms with Gasteiger partial charge in [-0.3, -0.25) is 0 Å². The first-order valence-electron chi connectivity index (χ1n) is 6.57. The summed E-state index contributed by atoms with van der Waals surface area (Å²) in [5.74, 6) is -0.166. The maximum atomic E-state index is 12.8. The van der Waals surface area contributed by atoms with Crippen LogP contribution in [0.3, 0.4) is 0 Å². The molecule has 0 bridgehead atoms. The van der Waals surface area contributed by atoms with E-state index in [1.54, 1.807) is 0 Å². The third kappa shape index (κ3) is 2.44. The molecule has 92 valence electrons. The molecule has 2 aliphatic rings. The summed E-state index contributed by atoms with van der Waals surface area (Å²) in [6.07, 6.45) is 5.14. The number of hydrogen-bond acceptors (Lipinski definition) is 2. The summed E-state index contributed by atoms with van der Waals surface area (Å²) in [7, 11) is 0. The third-order valence-electron chi connectivity index (χ3n) is 4.04. The molecule has 0 aromatic heterocycles. The molecular formula is C14H19FN2. The standard InChI is InChI=1S/C14H19FN2/c15-11-3-5-12(6-4-11)16-13-7-9-17-8-1-2-14(17)10-13/h3-6,13-14,16H,1-2,7-10H2. The van der Waals surface area contributed by atoms with E-state index in [0.29, 0.717) is 6.04 Å². The minimum absolute atomic E-state index is 0.166. The van der Waals surface area contributed by atoms with Gasteiger partial charge < -0.3 is 10.2 Å². The molecule has 2 atom stereocenters. The fourth-order valence-corrected chi connectivity index (χ4v) is 3.14. The lowest BCUT2D eigenvalue weighted by Crippen LogP contribution is -2.42. The fourth-order valence-electron chi connectivity index (χ4n) is 3.14. The molecule has 0 radical (unpaired) electrons. The Hall–Kier alpha value is -1.09. The van der Waals surface area contributed by atoms with Crippen molar-refractivity contribution in [2.45, 2.75) is 37.8 Å². The molecule has 2 unspecified atom stereocenters. The zero-order chi connectivity index (χ0) is 11.7. The predicted octanol–water partition coefficient (Wildman–Crippen LogP) is 2.86. The van der Waals surface area contributed by atoms with Crippen LogP contribution in [-0.4, -0.2) is 30.1 Å². The molecule has 3 rings (SSSR count). The molecule has 0 aliphatic carbocycles. The first-order valence-corrected chi connectivity index (χ1v) is 6.57. The number of hydrogen-bond donors (Lipinski definition) is 1. The summed E-state index contributed by atoms with van der Waals surface area (Å²) in [4.78, 5) is 2.61. The van der Waals surface area contributed by atoms with Crippen LogP contribution in [0.25, 0.3) is 0 Å². The zero-order valence-electron chi connectivity index (χ0n) is 10.0. The van der Waals surface area contributed by atoms with E-state index >= 15 is 0 Å². The van der Waals surface area contributed by atoms with Gasteiger partial charge in [-0.15, -0.1) is 0 Å². The Labute approximate surface area is 102 Å². The Morgan fingerprint density at radius 2 is 1.94 bits per heavy atom. The number of benzene rings is 1. The van der Waals surface area contributed by atoms with Gasteiger partial charge in [-0.1, -0.05) is 0 Å². The molecule has 0 amide bonds. The average Bonchev–Trinajstić information content (AvgIpc) is 2.79. The largest absolute Gasteiger partial charge is 0.382 e. The van der Waals surface area contributed by atoms with E-state index in [0.717, 1.165) is 11.7 Å². The second-order valence-electron chi connectivity index (χ2n) is 5.20. The van der Waals surface area contributed by atoms with Gasteiger partial charge in [0.25, 0.3) is 0 Å². The van der Waals surface area contributed by atoms with Gasteiger partial charge in [0.2, 0.25) is 0 Å². The van der Waals surface area contributed by atoms with Crippen LogP contribution < -0.4 is 5.32 Å². The van der Waals surface area contributed by atoms with Crippen molar-refractivity contribution in [1.82, 2.24) is 4.90 Å². The van der Waals surface area contributed by atoms with Crippen LogP contribution in [0.5, 0.6) is 0 Å². The van der Waals surface area contributed by atoms with E-state index < -0.39 is 0 Å². The Kier molecular flexibility index (Phi) is 3.02. The van der Waals surface area contributed by atoms with E-state index in [2.05, 4.69) is 10.2 Å². The van der Waals surface area contributed by atoms with Gasteiger partial charge in [0.05, 0.1) is 0 Å².